The molecule has 6 aromatic rings. The number of allylic oxidation sites excluding steroid dienone is 1. The monoisotopic (exact) mass is 919 g/mol. The first kappa shape index (κ1) is 50.8. The van der Waals surface area contributed by atoms with E-state index in [1.54, 1.807) is 24.3 Å². The summed E-state index contributed by atoms with van der Waals surface area (Å²) in [5.74, 6) is -1.06. The minimum atomic E-state index is -4.97. The second-order valence-electron chi connectivity index (χ2n) is 12.7. The number of nitrogens with zero attached hydrogens (tertiary/aromatic N) is 5. The molecule has 6 aromatic carbocycles. The Morgan fingerprint density at radius 2 is 1.05 bits per heavy atom. The number of hydrogen-bond donors (Lipinski definition) is 2. The van der Waals surface area contributed by atoms with Gasteiger partial charge in [0.2, 0.25) is 11.7 Å². The predicted octanol–water partition coefficient (Wildman–Crippen LogP) is -3.01. The first-order chi connectivity index (χ1) is 27.8. The van der Waals surface area contributed by atoms with Crippen molar-refractivity contribution in [2.24, 2.45) is 31.3 Å². The van der Waals surface area contributed by atoms with Gasteiger partial charge >= 0.3 is 88.7 Å². The van der Waals surface area contributed by atoms with Gasteiger partial charge in [-0.05, 0) is 90.0 Å². The van der Waals surface area contributed by atoms with Crippen LogP contribution in [0.3, 0.4) is 0 Å². The standard InChI is InChI=1S/C38H27N7O11S3.3Na/c39-37(47)17-21-1-4-23(5-2-21)40-41-32-12-14-34(30-19-25(58(51,52)53)7-10-28(30)32)42-43-35-15-13-33(29-11-8-26(20-31(29)35)59(54,55)56)44-45-38-27-9-6-24(57(48,49)50)18-22(27)3-16-36(38)46;;;/h1-16,18-20,44H,17H2,(H2,39,47)(H,48,49,50)(H,51,52,53)(H,54,55,56);;;/q;3*+1/p-3/b41-40?,43-42?,45-38+;;;. The Morgan fingerprint density at radius 1 is 0.565 bits per heavy atom. The van der Waals surface area contributed by atoms with Crippen molar-refractivity contribution in [1.82, 2.24) is 0 Å². The fraction of sp³-hybridized carbons (Fsp3) is 0.0263. The van der Waals surface area contributed by atoms with Gasteiger partial charge < -0.3 is 19.4 Å². The molecule has 1 aliphatic rings. The van der Waals surface area contributed by atoms with Crippen LogP contribution in [0.25, 0.3) is 27.6 Å². The van der Waals surface area contributed by atoms with Crippen molar-refractivity contribution in [2.45, 2.75) is 21.1 Å². The molecular weight excluding hydrogens is 896 g/mol. The van der Waals surface area contributed by atoms with Crippen LogP contribution in [-0.4, -0.2) is 56.3 Å². The van der Waals surface area contributed by atoms with Gasteiger partial charge in [-0.1, -0.05) is 36.4 Å². The van der Waals surface area contributed by atoms with Gasteiger partial charge in [0, 0.05) is 27.1 Å². The molecular formula is C38H24N7Na3O11S3. The molecule has 0 saturated heterocycles. The molecule has 0 heterocycles. The number of anilines is 1. The van der Waals surface area contributed by atoms with Crippen molar-refractivity contribution < 1.29 is 137 Å². The minimum Gasteiger partial charge on any atom is -0.744 e. The SMILES string of the molecule is NC(=O)Cc1ccc(N=Nc2ccc(N=Nc3ccc(N/N=C4/C(=O)C=Cc5cc(S(=O)(=O)[O-])ccc54)c4ccc(S(=O)(=O)[O-])cc34)c3cc(S(=O)(=O)[O-])ccc23)cc1.[Na+].[Na+].[Na+]. The number of amides is 1. The summed E-state index contributed by atoms with van der Waals surface area (Å²) >= 11 is 0. The summed E-state index contributed by atoms with van der Waals surface area (Å²) < 4.78 is 107. The van der Waals surface area contributed by atoms with E-state index in [9.17, 15) is 48.5 Å². The van der Waals surface area contributed by atoms with Crippen LogP contribution in [0.4, 0.5) is 28.4 Å². The van der Waals surface area contributed by atoms with Gasteiger partial charge in [-0.25, -0.2) is 25.3 Å². The number of primary amides is 1. The normalized spacial score (nSPS) is 13.5. The van der Waals surface area contributed by atoms with Crippen molar-refractivity contribution >= 4 is 104 Å². The number of nitrogens with two attached hydrogens (primary N) is 1. The van der Waals surface area contributed by atoms with Gasteiger partial charge in [0.25, 0.3) is 0 Å². The zero-order chi connectivity index (χ0) is 42.3. The van der Waals surface area contributed by atoms with E-state index < -0.39 is 56.7 Å². The first-order valence-electron chi connectivity index (χ1n) is 16.8. The fourth-order valence-corrected chi connectivity index (χ4v) is 7.54. The van der Waals surface area contributed by atoms with Crippen molar-refractivity contribution in [1.29, 1.82) is 0 Å². The Morgan fingerprint density at radius 3 is 1.61 bits per heavy atom. The summed E-state index contributed by atoms with van der Waals surface area (Å²) in [6, 6.07) is 22.7. The smallest absolute Gasteiger partial charge is 0.744 e. The molecule has 1 aliphatic carbocycles. The molecule has 0 atom stereocenters. The Labute approximate surface area is 420 Å². The summed E-state index contributed by atoms with van der Waals surface area (Å²) in [4.78, 5) is 22.4. The number of hydrazone groups is 1. The number of hydrogen-bond acceptors (Lipinski definition) is 17. The zero-order valence-corrected chi connectivity index (χ0v) is 41.2. The van der Waals surface area contributed by atoms with Crippen molar-refractivity contribution in [3.63, 3.8) is 0 Å². The Balaban J connectivity index is 0.00000282. The fourth-order valence-electron chi connectivity index (χ4n) is 6.04. The second-order valence-corrected chi connectivity index (χ2v) is 16.9. The minimum absolute atomic E-state index is 0. The quantitative estimate of drug-likeness (QED) is 0.0569. The van der Waals surface area contributed by atoms with Crippen LogP contribution in [0.15, 0.2) is 149 Å². The molecule has 0 unspecified atom stereocenters. The van der Waals surface area contributed by atoms with E-state index in [4.69, 9.17) is 5.73 Å². The molecule has 0 saturated carbocycles. The van der Waals surface area contributed by atoms with Gasteiger partial charge in [-0.2, -0.15) is 10.2 Å². The van der Waals surface area contributed by atoms with Crippen LogP contribution in [0, 0.1) is 0 Å². The number of ketones is 1. The van der Waals surface area contributed by atoms with E-state index in [1.807, 2.05) is 0 Å². The molecule has 0 spiro atoms. The molecule has 18 nitrogen and oxygen atoms in total. The van der Waals surface area contributed by atoms with Crippen molar-refractivity contribution in [2.75, 3.05) is 5.43 Å². The molecule has 3 N–H and O–H groups in total. The molecule has 0 aliphatic heterocycles. The third-order valence-corrected chi connectivity index (χ3v) is 11.3. The van der Waals surface area contributed by atoms with Gasteiger partial charge in [0.05, 0.1) is 49.5 Å². The number of rotatable bonds is 11. The number of fused-ring (bicyclic) bond motifs is 3. The maximum Gasteiger partial charge on any atom is 1.00 e. The third-order valence-electron chi connectivity index (χ3n) is 8.84. The number of nitrogens with one attached hydrogen (secondary N) is 1. The molecule has 0 fully saturated rings. The van der Waals surface area contributed by atoms with Crippen LogP contribution in [-0.2, 0) is 46.4 Å². The van der Waals surface area contributed by atoms with E-state index in [2.05, 4.69) is 31.0 Å². The van der Waals surface area contributed by atoms with E-state index >= 15 is 0 Å². The molecule has 0 bridgehead atoms. The second kappa shape index (κ2) is 20.3. The number of carbonyl (C=O) groups is 2. The first-order valence-corrected chi connectivity index (χ1v) is 21.0. The molecule has 62 heavy (non-hydrogen) atoms. The number of azo groups is 2. The topological polar surface area (TPSA) is 306 Å². The van der Waals surface area contributed by atoms with Crippen LogP contribution < -0.4 is 99.8 Å². The van der Waals surface area contributed by atoms with Crippen molar-refractivity contribution in [3.8, 4) is 0 Å². The Bertz CT molecular complexity index is 3260. The predicted molar refractivity (Wildman–Crippen MR) is 210 cm³/mol. The maximum atomic E-state index is 12.8. The summed E-state index contributed by atoms with van der Waals surface area (Å²) in [5, 5.41) is 22.1. The van der Waals surface area contributed by atoms with Crippen molar-refractivity contribution in [3.05, 3.63) is 126 Å². The summed E-state index contributed by atoms with van der Waals surface area (Å²) in [5.41, 5.74) is 9.95. The van der Waals surface area contributed by atoms with E-state index in [0.717, 1.165) is 42.5 Å². The molecule has 7 rings (SSSR count). The van der Waals surface area contributed by atoms with E-state index in [0.29, 0.717) is 16.6 Å². The summed E-state index contributed by atoms with van der Waals surface area (Å²) in [6.07, 6.45) is 2.51. The van der Waals surface area contributed by atoms with Crippen LogP contribution in [0.1, 0.15) is 16.7 Å². The molecule has 0 aromatic heterocycles. The Hall–Kier alpha value is -3.88. The summed E-state index contributed by atoms with van der Waals surface area (Å²) in [6.45, 7) is 0. The van der Waals surface area contributed by atoms with Crippen LogP contribution in [0.2, 0.25) is 0 Å². The summed E-state index contributed by atoms with van der Waals surface area (Å²) in [7, 11) is -14.7. The number of benzene rings is 6. The molecule has 0 radical (unpaired) electrons. The third kappa shape index (κ3) is 11.6. The van der Waals surface area contributed by atoms with Gasteiger partial charge in [-0.15, -0.1) is 15.3 Å². The van der Waals surface area contributed by atoms with E-state index in [1.165, 1.54) is 48.5 Å². The molecule has 1 amide bonds. The van der Waals surface area contributed by atoms with Gasteiger partial charge in [0.15, 0.2) is 0 Å². The average molecular weight is 920 g/mol. The number of carbonyl (C=O) groups excluding carboxylic acids is 2. The van der Waals surface area contributed by atoms with E-state index in [-0.39, 0.29) is 151 Å². The maximum absolute atomic E-state index is 12.8. The Kier molecular flexibility index (Phi) is 16.6. The van der Waals surface area contributed by atoms with Crippen LogP contribution in [0.5, 0.6) is 0 Å². The largest absolute Gasteiger partial charge is 1.00 e. The van der Waals surface area contributed by atoms with Gasteiger partial charge in [-0.3, -0.25) is 15.0 Å². The average Bonchev–Trinajstić information content (AvgIpc) is 3.18. The van der Waals surface area contributed by atoms with Crippen LogP contribution >= 0.6 is 0 Å². The zero-order valence-electron chi connectivity index (χ0n) is 32.7. The van der Waals surface area contributed by atoms with Gasteiger partial charge in [0.1, 0.15) is 36.1 Å². The molecule has 24 heteroatoms. The molecule has 298 valence electrons.